The molecular formula is C13H24N2O3. The number of carboxylic acid groups (broad SMARTS) is 1. The minimum Gasteiger partial charge on any atom is -0.480 e. The van der Waals surface area contributed by atoms with Gasteiger partial charge in [0, 0.05) is 26.2 Å². The van der Waals surface area contributed by atoms with Crippen molar-refractivity contribution in [2.45, 2.75) is 25.8 Å². The molecule has 0 radical (unpaired) electrons. The lowest BCUT2D eigenvalue weighted by Gasteiger charge is -2.37. The molecule has 2 fully saturated rings. The van der Waals surface area contributed by atoms with Crippen LogP contribution in [0.1, 0.15) is 19.8 Å². The van der Waals surface area contributed by atoms with E-state index in [0.29, 0.717) is 5.92 Å². The van der Waals surface area contributed by atoms with Crippen LogP contribution in [0.2, 0.25) is 0 Å². The van der Waals surface area contributed by atoms with Crippen molar-refractivity contribution in [1.29, 1.82) is 0 Å². The summed E-state index contributed by atoms with van der Waals surface area (Å²) >= 11 is 0. The first-order valence-electron chi connectivity index (χ1n) is 6.94. The predicted octanol–water partition coefficient (Wildman–Crippen LogP) is 0.504. The van der Waals surface area contributed by atoms with E-state index in [4.69, 9.17) is 4.74 Å². The molecule has 2 heterocycles. The summed E-state index contributed by atoms with van der Waals surface area (Å²) in [4.78, 5) is 15.8. The van der Waals surface area contributed by atoms with Crippen LogP contribution >= 0.6 is 0 Å². The Morgan fingerprint density at radius 1 is 1.28 bits per heavy atom. The van der Waals surface area contributed by atoms with Gasteiger partial charge in [0.2, 0.25) is 0 Å². The Morgan fingerprint density at radius 2 is 2.00 bits per heavy atom. The quantitative estimate of drug-likeness (QED) is 0.794. The second-order valence-electron chi connectivity index (χ2n) is 5.47. The summed E-state index contributed by atoms with van der Waals surface area (Å²) < 4.78 is 5.32. The van der Waals surface area contributed by atoms with Crippen molar-refractivity contribution in [3.8, 4) is 0 Å². The van der Waals surface area contributed by atoms with Crippen LogP contribution in [0.25, 0.3) is 0 Å². The van der Waals surface area contributed by atoms with E-state index in [-0.39, 0.29) is 6.04 Å². The molecule has 2 rings (SSSR count). The van der Waals surface area contributed by atoms with Gasteiger partial charge >= 0.3 is 5.97 Å². The number of hydrogen-bond acceptors (Lipinski definition) is 4. The average Bonchev–Trinajstić information content (AvgIpc) is 2.38. The first-order chi connectivity index (χ1) is 8.66. The van der Waals surface area contributed by atoms with Gasteiger partial charge < -0.3 is 9.84 Å². The van der Waals surface area contributed by atoms with E-state index in [1.54, 1.807) is 0 Å². The number of likely N-dealkylation sites (tertiary alicyclic amines) is 1. The van der Waals surface area contributed by atoms with E-state index >= 15 is 0 Å². The fourth-order valence-corrected chi connectivity index (χ4v) is 2.81. The van der Waals surface area contributed by atoms with Crippen molar-refractivity contribution in [2.75, 3.05) is 45.9 Å². The topological polar surface area (TPSA) is 53.0 Å². The number of rotatable bonds is 4. The van der Waals surface area contributed by atoms with E-state index in [2.05, 4.69) is 16.7 Å². The molecule has 18 heavy (non-hydrogen) atoms. The molecule has 104 valence electrons. The number of piperidine rings is 1. The predicted molar refractivity (Wildman–Crippen MR) is 68.7 cm³/mol. The van der Waals surface area contributed by atoms with Crippen LogP contribution in [0, 0.1) is 5.92 Å². The molecule has 2 aliphatic rings. The number of nitrogens with zero attached hydrogens (tertiary/aromatic N) is 2. The van der Waals surface area contributed by atoms with Crippen LogP contribution in [0.4, 0.5) is 0 Å². The highest BCUT2D eigenvalue weighted by Crippen LogP contribution is 2.22. The van der Waals surface area contributed by atoms with Gasteiger partial charge in [0.15, 0.2) is 0 Å². The van der Waals surface area contributed by atoms with Crippen molar-refractivity contribution in [2.24, 2.45) is 5.92 Å². The van der Waals surface area contributed by atoms with Gasteiger partial charge in [-0.15, -0.1) is 0 Å². The van der Waals surface area contributed by atoms with E-state index in [1.807, 2.05) is 0 Å². The minimum absolute atomic E-state index is 0.283. The molecule has 5 heteroatoms. The molecule has 0 aromatic rings. The largest absolute Gasteiger partial charge is 0.480 e. The van der Waals surface area contributed by atoms with Gasteiger partial charge in [0.05, 0.1) is 13.2 Å². The molecule has 2 saturated heterocycles. The molecule has 0 aromatic carbocycles. The van der Waals surface area contributed by atoms with Crippen LogP contribution < -0.4 is 0 Å². The summed E-state index contributed by atoms with van der Waals surface area (Å²) in [7, 11) is 0. The van der Waals surface area contributed by atoms with E-state index in [1.165, 1.54) is 0 Å². The van der Waals surface area contributed by atoms with Crippen LogP contribution in [0.15, 0.2) is 0 Å². The third-order valence-electron chi connectivity index (χ3n) is 4.07. The first-order valence-corrected chi connectivity index (χ1v) is 6.94. The zero-order valence-corrected chi connectivity index (χ0v) is 11.2. The molecule has 0 bridgehead atoms. The summed E-state index contributed by atoms with van der Waals surface area (Å²) in [5, 5.41) is 9.29. The van der Waals surface area contributed by atoms with Crippen LogP contribution in [-0.4, -0.2) is 72.9 Å². The lowest BCUT2D eigenvalue weighted by Crippen LogP contribution is -2.50. The number of carbonyl (C=O) groups is 1. The zero-order chi connectivity index (χ0) is 13.0. The van der Waals surface area contributed by atoms with Gasteiger partial charge in [-0.25, -0.2) is 0 Å². The van der Waals surface area contributed by atoms with Gasteiger partial charge in [0.1, 0.15) is 6.04 Å². The number of ether oxygens (including phenoxy) is 1. The molecule has 0 spiro atoms. The molecule has 0 saturated carbocycles. The summed E-state index contributed by atoms with van der Waals surface area (Å²) in [5.74, 6) is -0.130. The Bertz CT molecular complexity index is 279. The molecule has 1 N–H and O–H groups in total. The summed E-state index contributed by atoms with van der Waals surface area (Å²) in [5.41, 5.74) is 0. The van der Waals surface area contributed by atoms with E-state index < -0.39 is 5.97 Å². The SMILES string of the molecule is CC1CCN(CCN2CCOCC2)C(C(=O)O)C1. The number of carboxylic acids is 1. The fourth-order valence-electron chi connectivity index (χ4n) is 2.81. The van der Waals surface area contributed by atoms with Gasteiger partial charge in [-0.2, -0.15) is 0 Å². The molecule has 2 atom stereocenters. The lowest BCUT2D eigenvalue weighted by molar-refractivity contribution is -0.145. The highest BCUT2D eigenvalue weighted by molar-refractivity contribution is 5.73. The average molecular weight is 256 g/mol. The van der Waals surface area contributed by atoms with Gasteiger partial charge in [-0.05, 0) is 25.3 Å². The van der Waals surface area contributed by atoms with Gasteiger partial charge in [-0.1, -0.05) is 6.92 Å². The van der Waals surface area contributed by atoms with Crippen LogP contribution in [0.3, 0.4) is 0 Å². The van der Waals surface area contributed by atoms with Crippen molar-refractivity contribution in [1.82, 2.24) is 9.80 Å². The molecule has 0 amide bonds. The summed E-state index contributed by atoms with van der Waals surface area (Å²) in [6, 6.07) is -0.283. The smallest absolute Gasteiger partial charge is 0.320 e. The van der Waals surface area contributed by atoms with Crippen molar-refractivity contribution >= 4 is 5.97 Å². The molecular weight excluding hydrogens is 232 g/mol. The Kier molecular flexibility index (Phi) is 4.97. The van der Waals surface area contributed by atoms with Crippen molar-refractivity contribution in [3.05, 3.63) is 0 Å². The van der Waals surface area contributed by atoms with Crippen LogP contribution in [-0.2, 0) is 9.53 Å². The normalized spacial score (nSPS) is 31.4. The lowest BCUT2D eigenvalue weighted by atomic mass is 9.92. The number of hydrogen-bond donors (Lipinski definition) is 1. The molecule has 2 aliphatic heterocycles. The minimum atomic E-state index is -0.663. The maximum Gasteiger partial charge on any atom is 0.320 e. The molecule has 2 unspecified atom stereocenters. The number of morpholine rings is 1. The monoisotopic (exact) mass is 256 g/mol. The van der Waals surface area contributed by atoms with E-state index in [0.717, 1.165) is 58.8 Å². The highest BCUT2D eigenvalue weighted by atomic mass is 16.5. The highest BCUT2D eigenvalue weighted by Gasteiger charge is 2.31. The summed E-state index contributed by atoms with van der Waals surface area (Å²) in [6.45, 7) is 8.45. The van der Waals surface area contributed by atoms with Crippen molar-refractivity contribution < 1.29 is 14.6 Å². The first kappa shape index (κ1) is 13.8. The van der Waals surface area contributed by atoms with E-state index in [9.17, 15) is 9.90 Å². The second-order valence-corrected chi connectivity index (χ2v) is 5.47. The van der Waals surface area contributed by atoms with Gasteiger partial charge in [0.25, 0.3) is 0 Å². The maximum atomic E-state index is 11.3. The zero-order valence-electron chi connectivity index (χ0n) is 11.2. The van der Waals surface area contributed by atoms with Crippen molar-refractivity contribution in [3.63, 3.8) is 0 Å². The molecule has 0 aliphatic carbocycles. The Hall–Kier alpha value is -0.650. The Balaban J connectivity index is 1.80. The van der Waals surface area contributed by atoms with Gasteiger partial charge in [-0.3, -0.25) is 14.6 Å². The standard InChI is InChI=1S/C13H24N2O3/c1-11-2-3-15(12(10-11)13(16)17)5-4-14-6-8-18-9-7-14/h11-12H,2-10H2,1H3,(H,16,17). The third-order valence-corrected chi connectivity index (χ3v) is 4.07. The third kappa shape index (κ3) is 3.67. The van der Waals surface area contributed by atoms with Crippen LogP contribution in [0.5, 0.6) is 0 Å². The fraction of sp³-hybridized carbons (Fsp3) is 0.923. The Labute approximate surface area is 109 Å². The molecule has 5 nitrogen and oxygen atoms in total. The maximum absolute atomic E-state index is 11.3. The number of aliphatic carboxylic acids is 1. The second kappa shape index (κ2) is 6.50. The Morgan fingerprint density at radius 3 is 2.67 bits per heavy atom. The summed E-state index contributed by atoms with van der Waals surface area (Å²) in [6.07, 6.45) is 1.91. The molecule has 0 aromatic heterocycles.